The van der Waals surface area contributed by atoms with Crippen molar-refractivity contribution < 1.29 is 0 Å². The Hall–Kier alpha value is -0.550. The van der Waals surface area contributed by atoms with Crippen LogP contribution in [0.4, 0.5) is 0 Å². The number of unbranched alkanes of at least 4 members (excludes halogenated alkanes) is 2. The second-order valence-corrected chi connectivity index (χ2v) is 5.58. The smallest absolute Gasteiger partial charge is 0.0672 e. The first-order chi connectivity index (χ1) is 8.22. The average molecular weight is 236 g/mol. The Bertz CT molecular complexity index is 244. The molecule has 0 saturated heterocycles. The van der Waals surface area contributed by atoms with Gasteiger partial charge in [-0.2, -0.15) is 5.26 Å². The minimum Gasteiger partial charge on any atom is -0.302 e. The van der Waals surface area contributed by atoms with Crippen LogP contribution in [-0.2, 0) is 0 Å². The molecular formula is C15H28N2. The average Bonchev–Trinajstić information content (AvgIpc) is 2.38. The third-order valence-corrected chi connectivity index (χ3v) is 4.35. The van der Waals surface area contributed by atoms with Crippen molar-refractivity contribution in [1.29, 1.82) is 5.26 Å². The summed E-state index contributed by atoms with van der Waals surface area (Å²) in [6.07, 6.45) is 8.74. The highest BCUT2D eigenvalue weighted by Crippen LogP contribution is 2.33. The zero-order valence-corrected chi connectivity index (χ0v) is 11.8. The van der Waals surface area contributed by atoms with Gasteiger partial charge in [0.05, 0.1) is 12.0 Å². The molecule has 98 valence electrons. The second-order valence-electron chi connectivity index (χ2n) is 5.58. The molecule has 1 aliphatic carbocycles. The van der Waals surface area contributed by atoms with E-state index in [-0.39, 0.29) is 5.92 Å². The van der Waals surface area contributed by atoms with Gasteiger partial charge in [0.15, 0.2) is 0 Å². The van der Waals surface area contributed by atoms with Gasteiger partial charge in [0, 0.05) is 6.04 Å². The fraction of sp³-hybridized carbons (Fsp3) is 0.933. The maximum absolute atomic E-state index is 9.26. The maximum atomic E-state index is 9.26. The lowest BCUT2D eigenvalue weighted by Gasteiger charge is -2.38. The van der Waals surface area contributed by atoms with Crippen LogP contribution in [0.1, 0.15) is 58.8 Å². The molecule has 0 amide bonds. The van der Waals surface area contributed by atoms with Crippen molar-refractivity contribution in [1.82, 2.24) is 4.90 Å². The Labute approximate surface area is 107 Å². The minimum atomic E-state index is 0.268. The van der Waals surface area contributed by atoms with E-state index in [1.807, 2.05) is 0 Å². The van der Waals surface area contributed by atoms with Crippen molar-refractivity contribution in [3.63, 3.8) is 0 Å². The summed E-state index contributed by atoms with van der Waals surface area (Å²) in [5, 5.41) is 9.26. The van der Waals surface area contributed by atoms with E-state index < -0.39 is 0 Å². The highest BCUT2D eigenvalue weighted by Gasteiger charge is 2.32. The summed E-state index contributed by atoms with van der Waals surface area (Å²) in [6.45, 7) is 5.68. The predicted octanol–water partition coefficient (Wildman–Crippen LogP) is 3.83. The molecule has 2 heteroatoms. The zero-order chi connectivity index (χ0) is 12.7. The lowest BCUT2D eigenvalue weighted by molar-refractivity contribution is 0.122. The van der Waals surface area contributed by atoms with Gasteiger partial charge in [0.1, 0.15) is 0 Å². The van der Waals surface area contributed by atoms with Gasteiger partial charge < -0.3 is 4.90 Å². The van der Waals surface area contributed by atoms with E-state index >= 15 is 0 Å². The molecule has 0 heterocycles. The van der Waals surface area contributed by atoms with Crippen LogP contribution in [0.15, 0.2) is 0 Å². The Kier molecular flexibility index (Phi) is 6.58. The molecule has 0 radical (unpaired) electrons. The fourth-order valence-corrected chi connectivity index (χ4v) is 3.02. The van der Waals surface area contributed by atoms with Gasteiger partial charge in [-0.15, -0.1) is 0 Å². The van der Waals surface area contributed by atoms with Gasteiger partial charge in [-0.25, -0.2) is 0 Å². The fourth-order valence-electron chi connectivity index (χ4n) is 3.02. The van der Waals surface area contributed by atoms with Gasteiger partial charge in [-0.05, 0) is 45.2 Å². The first kappa shape index (κ1) is 14.5. The second kappa shape index (κ2) is 7.71. The predicted molar refractivity (Wildman–Crippen MR) is 72.7 cm³/mol. The molecule has 0 aliphatic heterocycles. The molecule has 0 N–H and O–H groups in total. The molecule has 3 atom stereocenters. The molecule has 1 saturated carbocycles. The van der Waals surface area contributed by atoms with E-state index in [0.717, 1.165) is 18.9 Å². The van der Waals surface area contributed by atoms with Crippen molar-refractivity contribution in [3.05, 3.63) is 0 Å². The zero-order valence-electron chi connectivity index (χ0n) is 11.8. The lowest BCUT2D eigenvalue weighted by Crippen LogP contribution is -2.42. The summed E-state index contributed by atoms with van der Waals surface area (Å²) in [5.41, 5.74) is 0. The van der Waals surface area contributed by atoms with Gasteiger partial charge in [0.2, 0.25) is 0 Å². The number of hydrogen-bond donors (Lipinski definition) is 0. The molecule has 0 bridgehead atoms. The maximum Gasteiger partial charge on any atom is 0.0672 e. The third-order valence-electron chi connectivity index (χ3n) is 4.35. The number of nitrogens with zero attached hydrogens (tertiary/aromatic N) is 2. The number of nitriles is 1. The molecule has 3 unspecified atom stereocenters. The molecule has 1 rings (SSSR count). The Balaban J connectivity index is 2.47. The first-order valence-corrected chi connectivity index (χ1v) is 7.32. The van der Waals surface area contributed by atoms with Crippen LogP contribution >= 0.6 is 0 Å². The van der Waals surface area contributed by atoms with E-state index in [1.54, 1.807) is 0 Å². The highest BCUT2D eigenvalue weighted by molar-refractivity contribution is 4.96. The number of rotatable bonds is 6. The van der Waals surface area contributed by atoms with E-state index in [0.29, 0.717) is 6.04 Å². The molecule has 17 heavy (non-hydrogen) atoms. The molecule has 0 aromatic heterocycles. The van der Waals surface area contributed by atoms with Crippen LogP contribution < -0.4 is 0 Å². The Morgan fingerprint density at radius 3 is 2.59 bits per heavy atom. The summed E-state index contributed by atoms with van der Waals surface area (Å²) in [6, 6.07) is 3.04. The van der Waals surface area contributed by atoms with Crippen LogP contribution in [0, 0.1) is 23.2 Å². The SMILES string of the molecule is CCCCCN(C)C1CC(CC)CCC1C#N. The van der Waals surface area contributed by atoms with E-state index in [2.05, 4.69) is 31.9 Å². The van der Waals surface area contributed by atoms with Gasteiger partial charge in [-0.1, -0.05) is 33.1 Å². The van der Waals surface area contributed by atoms with Crippen molar-refractivity contribution in [2.45, 2.75) is 64.8 Å². The van der Waals surface area contributed by atoms with Gasteiger partial charge in [-0.3, -0.25) is 0 Å². The summed E-state index contributed by atoms with van der Waals surface area (Å²) < 4.78 is 0. The summed E-state index contributed by atoms with van der Waals surface area (Å²) in [4.78, 5) is 2.45. The largest absolute Gasteiger partial charge is 0.302 e. The van der Waals surface area contributed by atoms with Crippen LogP contribution in [0.3, 0.4) is 0 Å². The molecule has 2 nitrogen and oxygen atoms in total. The molecular weight excluding hydrogens is 208 g/mol. The van der Waals surface area contributed by atoms with E-state index in [4.69, 9.17) is 0 Å². The lowest BCUT2D eigenvalue weighted by atomic mass is 9.77. The van der Waals surface area contributed by atoms with Crippen LogP contribution in [-0.4, -0.2) is 24.5 Å². The summed E-state index contributed by atoms with van der Waals surface area (Å²) in [7, 11) is 2.21. The summed E-state index contributed by atoms with van der Waals surface area (Å²) in [5.74, 6) is 1.11. The van der Waals surface area contributed by atoms with Crippen LogP contribution in [0.2, 0.25) is 0 Å². The topological polar surface area (TPSA) is 27.0 Å². The third kappa shape index (κ3) is 4.32. The Morgan fingerprint density at radius 2 is 2.00 bits per heavy atom. The van der Waals surface area contributed by atoms with Gasteiger partial charge >= 0.3 is 0 Å². The first-order valence-electron chi connectivity index (χ1n) is 7.32. The summed E-state index contributed by atoms with van der Waals surface area (Å²) >= 11 is 0. The molecule has 0 aromatic rings. The molecule has 1 fully saturated rings. The standard InChI is InChI=1S/C15H28N2/c1-4-6-7-10-17(3)15-11-13(5-2)8-9-14(15)12-16/h13-15H,4-11H2,1-3H3. The van der Waals surface area contributed by atoms with Gasteiger partial charge in [0.25, 0.3) is 0 Å². The quantitative estimate of drug-likeness (QED) is 0.655. The molecule has 0 spiro atoms. The Morgan fingerprint density at radius 1 is 1.24 bits per heavy atom. The minimum absolute atomic E-state index is 0.268. The van der Waals surface area contributed by atoms with Crippen molar-refractivity contribution in [2.24, 2.45) is 11.8 Å². The van der Waals surface area contributed by atoms with Crippen LogP contribution in [0.25, 0.3) is 0 Å². The van der Waals surface area contributed by atoms with Crippen molar-refractivity contribution >= 4 is 0 Å². The monoisotopic (exact) mass is 236 g/mol. The normalized spacial score (nSPS) is 29.2. The number of hydrogen-bond acceptors (Lipinski definition) is 2. The van der Waals surface area contributed by atoms with E-state index in [9.17, 15) is 5.26 Å². The van der Waals surface area contributed by atoms with Crippen LogP contribution in [0.5, 0.6) is 0 Å². The molecule has 0 aromatic carbocycles. The molecule has 1 aliphatic rings. The van der Waals surface area contributed by atoms with Crippen molar-refractivity contribution in [2.75, 3.05) is 13.6 Å². The van der Waals surface area contributed by atoms with E-state index in [1.165, 1.54) is 38.5 Å². The highest BCUT2D eigenvalue weighted by atomic mass is 15.1. The van der Waals surface area contributed by atoms with Crippen molar-refractivity contribution in [3.8, 4) is 6.07 Å².